The van der Waals surface area contributed by atoms with E-state index in [4.69, 9.17) is 0 Å². The average molecular weight is 364 g/mol. The van der Waals surface area contributed by atoms with Crippen molar-refractivity contribution in [2.45, 2.75) is 32.7 Å². The molecule has 0 radical (unpaired) electrons. The van der Waals surface area contributed by atoms with E-state index in [1.165, 1.54) is 0 Å². The van der Waals surface area contributed by atoms with Crippen LogP contribution in [0.15, 0.2) is 53.3 Å². The summed E-state index contributed by atoms with van der Waals surface area (Å²) >= 11 is 0. The molecule has 0 fully saturated rings. The van der Waals surface area contributed by atoms with Crippen LogP contribution in [0.2, 0.25) is 0 Å². The Hall–Kier alpha value is -2.99. The Morgan fingerprint density at radius 1 is 1.15 bits per heavy atom. The molecule has 0 saturated heterocycles. The Labute approximate surface area is 158 Å². The first kappa shape index (κ1) is 18.8. The minimum Gasteiger partial charge on any atom is -0.326 e. The number of nitrogens with one attached hydrogen (secondary N) is 3. The van der Waals surface area contributed by atoms with Gasteiger partial charge in [-0.1, -0.05) is 31.2 Å². The van der Waals surface area contributed by atoms with Gasteiger partial charge in [-0.05, 0) is 42.8 Å². The van der Waals surface area contributed by atoms with E-state index in [1.807, 2.05) is 42.5 Å². The highest BCUT2D eigenvalue weighted by atomic mass is 16.1. The van der Waals surface area contributed by atoms with Crippen molar-refractivity contribution in [1.29, 1.82) is 0 Å². The van der Waals surface area contributed by atoms with Gasteiger partial charge >= 0.3 is 0 Å². The van der Waals surface area contributed by atoms with Crippen LogP contribution in [0.5, 0.6) is 0 Å². The number of rotatable bonds is 8. The Kier molecular flexibility index (Phi) is 6.33. The van der Waals surface area contributed by atoms with Crippen LogP contribution in [0, 0.1) is 0 Å². The fourth-order valence-corrected chi connectivity index (χ4v) is 2.92. The molecular weight excluding hydrogens is 340 g/mol. The Bertz CT molecular complexity index is 981. The number of hydrogen-bond donors (Lipinski definition) is 3. The lowest BCUT2D eigenvalue weighted by atomic mass is 10.1. The van der Waals surface area contributed by atoms with Gasteiger partial charge in [-0.3, -0.25) is 9.59 Å². The van der Waals surface area contributed by atoms with E-state index in [9.17, 15) is 9.59 Å². The molecule has 1 amide bonds. The molecule has 6 heteroatoms. The van der Waals surface area contributed by atoms with Crippen LogP contribution < -0.4 is 16.2 Å². The first-order valence-electron chi connectivity index (χ1n) is 9.23. The zero-order chi connectivity index (χ0) is 19.1. The molecule has 140 valence electrons. The zero-order valence-electron chi connectivity index (χ0n) is 15.4. The smallest absolute Gasteiger partial charge is 0.258 e. The lowest BCUT2D eigenvalue weighted by Crippen LogP contribution is -2.15. The van der Waals surface area contributed by atoms with E-state index < -0.39 is 0 Å². The zero-order valence-corrected chi connectivity index (χ0v) is 15.4. The molecule has 0 saturated carbocycles. The Morgan fingerprint density at radius 3 is 2.85 bits per heavy atom. The van der Waals surface area contributed by atoms with Gasteiger partial charge in [-0.15, -0.1) is 0 Å². The van der Waals surface area contributed by atoms with Crippen LogP contribution in [-0.2, 0) is 17.8 Å². The molecule has 0 aliphatic heterocycles. The normalized spacial score (nSPS) is 10.9. The van der Waals surface area contributed by atoms with E-state index in [1.54, 1.807) is 6.07 Å². The highest BCUT2D eigenvalue weighted by Crippen LogP contribution is 2.12. The number of fused-ring (bicyclic) bond motifs is 1. The molecule has 27 heavy (non-hydrogen) atoms. The van der Waals surface area contributed by atoms with Gasteiger partial charge < -0.3 is 15.6 Å². The number of anilines is 1. The predicted octanol–water partition coefficient (Wildman–Crippen LogP) is 2.99. The summed E-state index contributed by atoms with van der Waals surface area (Å²) in [6, 6.07) is 15.1. The number of hydrogen-bond acceptors (Lipinski definition) is 4. The highest BCUT2D eigenvalue weighted by molar-refractivity contribution is 5.90. The lowest BCUT2D eigenvalue weighted by molar-refractivity contribution is -0.116. The topological polar surface area (TPSA) is 86.9 Å². The number of aromatic amines is 1. The van der Waals surface area contributed by atoms with Gasteiger partial charge in [0.2, 0.25) is 5.91 Å². The molecule has 0 unspecified atom stereocenters. The third-order valence-corrected chi connectivity index (χ3v) is 4.27. The van der Waals surface area contributed by atoms with Crippen molar-refractivity contribution in [2.75, 3.05) is 11.9 Å². The number of amides is 1. The SMILES string of the molecule is CCNCc1cccc(NC(=O)CCCc2nc3ccccc3c(=O)[nH]2)c1. The van der Waals surface area contributed by atoms with Gasteiger partial charge in [0.05, 0.1) is 10.9 Å². The fraction of sp³-hybridized carbons (Fsp3) is 0.286. The molecule has 6 nitrogen and oxygen atoms in total. The molecule has 3 N–H and O–H groups in total. The number of aromatic nitrogens is 2. The van der Waals surface area contributed by atoms with Gasteiger partial charge in [0.25, 0.3) is 5.56 Å². The molecule has 0 aliphatic rings. The predicted molar refractivity (Wildman–Crippen MR) is 108 cm³/mol. The molecule has 1 heterocycles. The molecule has 0 spiro atoms. The van der Waals surface area contributed by atoms with Crippen LogP contribution in [0.4, 0.5) is 5.69 Å². The van der Waals surface area contributed by atoms with Crippen molar-refractivity contribution in [1.82, 2.24) is 15.3 Å². The number of para-hydroxylation sites is 1. The monoisotopic (exact) mass is 364 g/mol. The van der Waals surface area contributed by atoms with E-state index in [-0.39, 0.29) is 11.5 Å². The first-order valence-corrected chi connectivity index (χ1v) is 9.23. The van der Waals surface area contributed by atoms with Crippen LogP contribution in [0.3, 0.4) is 0 Å². The third kappa shape index (κ3) is 5.24. The van der Waals surface area contributed by atoms with E-state index in [2.05, 4.69) is 27.5 Å². The first-order chi connectivity index (χ1) is 13.2. The number of aryl methyl sites for hydroxylation is 1. The lowest BCUT2D eigenvalue weighted by Gasteiger charge is -2.08. The van der Waals surface area contributed by atoms with Gasteiger partial charge in [-0.25, -0.2) is 4.98 Å². The van der Waals surface area contributed by atoms with Crippen LogP contribution in [0.25, 0.3) is 10.9 Å². The van der Waals surface area contributed by atoms with Crippen molar-refractivity contribution in [3.05, 3.63) is 70.3 Å². The summed E-state index contributed by atoms with van der Waals surface area (Å²) in [5, 5.41) is 6.77. The second-order valence-electron chi connectivity index (χ2n) is 6.41. The molecule has 2 aromatic carbocycles. The van der Waals surface area contributed by atoms with Crippen LogP contribution in [-0.4, -0.2) is 22.4 Å². The maximum atomic E-state index is 12.2. The standard InChI is InChI=1S/C21H24N4O2/c1-2-22-14-15-7-5-8-16(13-15)23-20(26)12-6-11-19-24-18-10-4-3-9-17(18)21(27)25-19/h3-5,7-10,13,22H,2,6,11-12,14H2,1H3,(H,23,26)(H,24,25,27). The highest BCUT2D eigenvalue weighted by Gasteiger charge is 2.06. The minimum atomic E-state index is -0.141. The summed E-state index contributed by atoms with van der Waals surface area (Å²) in [6.45, 7) is 3.74. The second kappa shape index (κ2) is 9.09. The average Bonchev–Trinajstić information content (AvgIpc) is 2.67. The van der Waals surface area contributed by atoms with E-state index >= 15 is 0 Å². The maximum absolute atomic E-state index is 12.2. The molecule has 0 atom stereocenters. The fourth-order valence-electron chi connectivity index (χ4n) is 2.92. The van der Waals surface area contributed by atoms with E-state index in [0.29, 0.717) is 36.0 Å². The molecule has 1 aromatic heterocycles. The number of H-pyrrole nitrogens is 1. The number of benzene rings is 2. The summed E-state index contributed by atoms with van der Waals surface area (Å²) in [4.78, 5) is 31.5. The molecule has 0 aliphatic carbocycles. The molecular formula is C21H24N4O2. The van der Waals surface area contributed by atoms with Crippen molar-refractivity contribution in [2.24, 2.45) is 0 Å². The quantitative estimate of drug-likeness (QED) is 0.573. The number of nitrogens with zero attached hydrogens (tertiary/aromatic N) is 1. The number of carbonyl (C=O) groups is 1. The summed E-state index contributed by atoms with van der Waals surface area (Å²) in [5.74, 6) is 0.567. The maximum Gasteiger partial charge on any atom is 0.258 e. The van der Waals surface area contributed by atoms with Crippen LogP contribution in [0.1, 0.15) is 31.2 Å². The largest absolute Gasteiger partial charge is 0.326 e. The summed E-state index contributed by atoms with van der Waals surface area (Å²) < 4.78 is 0. The van der Waals surface area contributed by atoms with Gasteiger partial charge in [0.1, 0.15) is 5.82 Å². The summed E-state index contributed by atoms with van der Waals surface area (Å²) in [5.41, 5.74) is 2.47. The molecule has 3 rings (SSSR count). The Morgan fingerprint density at radius 2 is 2.00 bits per heavy atom. The van der Waals surface area contributed by atoms with Crippen molar-refractivity contribution in [3.63, 3.8) is 0 Å². The summed E-state index contributed by atoms with van der Waals surface area (Å²) in [6.07, 6.45) is 1.53. The molecule has 3 aromatic rings. The number of carbonyl (C=O) groups excluding carboxylic acids is 1. The van der Waals surface area contributed by atoms with E-state index in [0.717, 1.165) is 24.3 Å². The van der Waals surface area contributed by atoms with Crippen molar-refractivity contribution >= 4 is 22.5 Å². The second-order valence-corrected chi connectivity index (χ2v) is 6.41. The Balaban J connectivity index is 1.53. The van der Waals surface area contributed by atoms with Gasteiger partial charge in [0, 0.05) is 25.1 Å². The van der Waals surface area contributed by atoms with Gasteiger partial charge in [0.15, 0.2) is 0 Å². The third-order valence-electron chi connectivity index (χ3n) is 4.27. The van der Waals surface area contributed by atoms with Gasteiger partial charge in [-0.2, -0.15) is 0 Å². The molecule has 0 bridgehead atoms. The van der Waals surface area contributed by atoms with Crippen LogP contribution >= 0.6 is 0 Å². The van der Waals surface area contributed by atoms with Crippen molar-refractivity contribution in [3.8, 4) is 0 Å². The minimum absolute atomic E-state index is 0.0428. The van der Waals surface area contributed by atoms with Crippen molar-refractivity contribution < 1.29 is 4.79 Å². The summed E-state index contributed by atoms with van der Waals surface area (Å²) in [7, 11) is 0.